The van der Waals surface area contributed by atoms with E-state index in [4.69, 9.17) is 9.84 Å². The molecule has 22 heavy (non-hydrogen) atoms. The summed E-state index contributed by atoms with van der Waals surface area (Å²) in [6.45, 7) is 1.59. The Hall–Kier alpha value is -2.57. The second-order valence-corrected chi connectivity index (χ2v) is 5.15. The van der Waals surface area contributed by atoms with Crippen LogP contribution in [-0.2, 0) is 14.4 Å². The molecule has 7 heteroatoms. The minimum absolute atomic E-state index is 0.0518. The van der Waals surface area contributed by atoms with E-state index in [2.05, 4.69) is 5.32 Å². The first-order valence-corrected chi connectivity index (χ1v) is 6.90. The lowest BCUT2D eigenvalue weighted by molar-refractivity contribution is -0.141. The molecule has 0 aromatic heterocycles. The first-order chi connectivity index (χ1) is 10.4. The van der Waals surface area contributed by atoms with E-state index in [9.17, 15) is 14.4 Å². The molecule has 2 rings (SSSR count). The summed E-state index contributed by atoms with van der Waals surface area (Å²) in [4.78, 5) is 36.5. The maximum atomic E-state index is 12.2. The molecule has 2 atom stereocenters. The maximum absolute atomic E-state index is 12.2. The van der Waals surface area contributed by atoms with Crippen LogP contribution in [0.1, 0.15) is 13.3 Å². The van der Waals surface area contributed by atoms with Gasteiger partial charge in [-0.2, -0.15) is 0 Å². The molecule has 2 N–H and O–H groups in total. The van der Waals surface area contributed by atoms with Gasteiger partial charge in [0.05, 0.1) is 18.7 Å². The number of methoxy groups -OCH3 is 1. The number of para-hydroxylation sites is 2. The second kappa shape index (κ2) is 6.46. The van der Waals surface area contributed by atoms with Crippen molar-refractivity contribution >= 4 is 23.5 Å². The van der Waals surface area contributed by atoms with E-state index < -0.39 is 23.8 Å². The minimum atomic E-state index is -1.11. The van der Waals surface area contributed by atoms with Gasteiger partial charge < -0.3 is 20.1 Å². The molecule has 0 saturated carbocycles. The van der Waals surface area contributed by atoms with E-state index in [0.29, 0.717) is 11.4 Å². The van der Waals surface area contributed by atoms with E-state index in [-0.39, 0.29) is 18.9 Å². The van der Waals surface area contributed by atoms with Crippen molar-refractivity contribution < 1.29 is 24.2 Å². The van der Waals surface area contributed by atoms with Gasteiger partial charge >= 0.3 is 5.97 Å². The van der Waals surface area contributed by atoms with Crippen molar-refractivity contribution in [3.05, 3.63) is 24.3 Å². The Morgan fingerprint density at radius 2 is 2.09 bits per heavy atom. The Bertz CT molecular complexity index is 601. The number of nitrogens with zero attached hydrogens (tertiary/aromatic N) is 1. The summed E-state index contributed by atoms with van der Waals surface area (Å²) in [6, 6.07) is 6.08. The lowest BCUT2D eigenvalue weighted by atomic mass is 10.1. The molecule has 0 radical (unpaired) electrons. The topological polar surface area (TPSA) is 95.9 Å². The number of benzene rings is 1. The zero-order valence-electron chi connectivity index (χ0n) is 12.4. The predicted octanol–water partition coefficient (Wildman–Crippen LogP) is 0.637. The first-order valence-electron chi connectivity index (χ1n) is 6.90. The Morgan fingerprint density at radius 1 is 1.41 bits per heavy atom. The minimum Gasteiger partial charge on any atom is -0.495 e. The van der Waals surface area contributed by atoms with Crippen molar-refractivity contribution in [1.82, 2.24) is 5.32 Å². The zero-order chi connectivity index (χ0) is 16.3. The molecule has 1 fully saturated rings. The second-order valence-electron chi connectivity index (χ2n) is 5.15. The molecular weight excluding hydrogens is 288 g/mol. The van der Waals surface area contributed by atoms with Crippen molar-refractivity contribution in [2.75, 3.05) is 18.6 Å². The van der Waals surface area contributed by atoms with Crippen LogP contribution in [0.4, 0.5) is 5.69 Å². The third kappa shape index (κ3) is 3.19. The number of anilines is 1. The summed E-state index contributed by atoms with van der Waals surface area (Å²) in [7, 11) is 1.51. The summed E-state index contributed by atoms with van der Waals surface area (Å²) >= 11 is 0. The average molecular weight is 306 g/mol. The number of rotatable bonds is 5. The summed E-state index contributed by atoms with van der Waals surface area (Å²) in [5, 5.41) is 11.2. The quantitative estimate of drug-likeness (QED) is 0.832. The highest BCUT2D eigenvalue weighted by Crippen LogP contribution is 2.32. The van der Waals surface area contributed by atoms with Gasteiger partial charge in [0, 0.05) is 13.0 Å². The number of carbonyl (C=O) groups is 3. The fourth-order valence-corrected chi connectivity index (χ4v) is 2.36. The molecule has 1 aliphatic rings. The van der Waals surface area contributed by atoms with Crippen LogP contribution < -0.4 is 15.0 Å². The molecular formula is C15H18N2O5. The summed E-state index contributed by atoms with van der Waals surface area (Å²) in [5.74, 6) is -1.75. The van der Waals surface area contributed by atoms with Crippen LogP contribution in [-0.4, -0.2) is 42.6 Å². The van der Waals surface area contributed by atoms with Crippen molar-refractivity contribution in [2.45, 2.75) is 19.4 Å². The van der Waals surface area contributed by atoms with E-state index in [1.54, 1.807) is 24.3 Å². The number of carbonyl (C=O) groups excluding carboxylic acids is 2. The molecule has 1 aromatic carbocycles. The Morgan fingerprint density at radius 3 is 2.73 bits per heavy atom. The van der Waals surface area contributed by atoms with Gasteiger partial charge in [-0.3, -0.25) is 14.4 Å². The van der Waals surface area contributed by atoms with Gasteiger partial charge in [-0.1, -0.05) is 12.1 Å². The van der Waals surface area contributed by atoms with Crippen LogP contribution in [0.15, 0.2) is 24.3 Å². The van der Waals surface area contributed by atoms with Crippen LogP contribution in [0.25, 0.3) is 0 Å². The molecule has 1 heterocycles. The fourth-order valence-electron chi connectivity index (χ4n) is 2.36. The lowest BCUT2D eigenvalue weighted by Gasteiger charge is -2.19. The third-order valence-electron chi connectivity index (χ3n) is 3.60. The summed E-state index contributed by atoms with van der Waals surface area (Å²) < 4.78 is 5.23. The monoisotopic (exact) mass is 306 g/mol. The van der Waals surface area contributed by atoms with Crippen LogP contribution in [0.3, 0.4) is 0 Å². The van der Waals surface area contributed by atoms with Crippen molar-refractivity contribution in [3.63, 3.8) is 0 Å². The highest BCUT2D eigenvalue weighted by atomic mass is 16.5. The molecule has 0 spiro atoms. The Labute approximate surface area is 127 Å². The van der Waals surface area contributed by atoms with Crippen molar-refractivity contribution in [3.8, 4) is 5.75 Å². The number of carboxylic acid groups (broad SMARTS) is 1. The van der Waals surface area contributed by atoms with Crippen molar-refractivity contribution in [2.24, 2.45) is 5.92 Å². The van der Waals surface area contributed by atoms with Crippen LogP contribution in [0.2, 0.25) is 0 Å². The lowest BCUT2D eigenvalue weighted by Crippen LogP contribution is -2.42. The average Bonchev–Trinajstić information content (AvgIpc) is 2.88. The van der Waals surface area contributed by atoms with Crippen LogP contribution in [0.5, 0.6) is 5.75 Å². The molecule has 1 aliphatic heterocycles. The molecule has 0 bridgehead atoms. The third-order valence-corrected chi connectivity index (χ3v) is 3.60. The number of carboxylic acids is 1. The number of hydrogen-bond donors (Lipinski definition) is 2. The van der Waals surface area contributed by atoms with Crippen molar-refractivity contribution in [1.29, 1.82) is 0 Å². The maximum Gasteiger partial charge on any atom is 0.325 e. The van der Waals surface area contributed by atoms with Gasteiger partial charge in [0.25, 0.3) is 0 Å². The van der Waals surface area contributed by atoms with Gasteiger partial charge in [-0.25, -0.2) is 0 Å². The summed E-state index contributed by atoms with van der Waals surface area (Å²) in [5.41, 5.74) is 0.608. The zero-order valence-corrected chi connectivity index (χ0v) is 12.4. The standard InChI is InChI=1S/C15H18N2O5/c1-9(15(20)21)16-14(19)10-7-13(18)17(8-10)11-5-3-4-6-12(11)22-2/h3-6,9-10H,7-8H2,1-2H3,(H,16,19)(H,20,21)/t9-,10?/m0/s1. The van der Waals surface area contributed by atoms with Gasteiger partial charge in [0.15, 0.2) is 0 Å². The molecule has 7 nitrogen and oxygen atoms in total. The van der Waals surface area contributed by atoms with Gasteiger partial charge in [-0.05, 0) is 19.1 Å². The highest BCUT2D eigenvalue weighted by Gasteiger charge is 2.36. The SMILES string of the molecule is COc1ccccc1N1CC(C(=O)N[C@@H](C)C(=O)O)CC1=O. The molecule has 118 valence electrons. The van der Waals surface area contributed by atoms with E-state index in [1.807, 2.05) is 0 Å². The molecule has 2 amide bonds. The van der Waals surface area contributed by atoms with Gasteiger partial charge in [-0.15, -0.1) is 0 Å². The highest BCUT2D eigenvalue weighted by molar-refractivity contribution is 6.01. The predicted molar refractivity (Wildman–Crippen MR) is 78.7 cm³/mol. The fraction of sp³-hybridized carbons (Fsp3) is 0.400. The number of ether oxygens (including phenoxy) is 1. The Balaban J connectivity index is 2.11. The van der Waals surface area contributed by atoms with E-state index in [1.165, 1.54) is 18.9 Å². The normalized spacial score (nSPS) is 18.9. The van der Waals surface area contributed by atoms with Gasteiger partial charge in [0.1, 0.15) is 11.8 Å². The molecule has 1 aromatic rings. The molecule has 1 saturated heterocycles. The number of aliphatic carboxylic acids is 1. The number of nitrogens with one attached hydrogen (secondary N) is 1. The number of hydrogen-bond acceptors (Lipinski definition) is 4. The largest absolute Gasteiger partial charge is 0.495 e. The van der Waals surface area contributed by atoms with E-state index >= 15 is 0 Å². The summed E-state index contributed by atoms with van der Waals surface area (Å²) in [6.07, 6.45) is 0.0518. The number of amides is 2. The first kappa shape index (κ1) is 15.8. The van der Waals surface area contributed by atoms with E-state index in [0.717, 1.165) is 0 Å². The smallest absolute Gasteiger partial charge is 0.325 e. The van der Waals surface area contributed by atoms with Crippen LogP contribution >= 0.6 is 0 Å². The molecule has 0 aliphatic carbocycles. The van der Waals surface area contributed by atoms with Crippen LogP contribution in [0, 0.1) is 5.92 Å². The Kier molecular flexibility index (Phi) is 4.65. The molecule has 1 unspecified atom stereocenters. The van der Waals surface area contributed by atoms with Gasteiger partial charge in [0.2, 0.25) is 11.8 Å².